The zero-order chi connectivity index (χ0) is 9.07. The number of allylic oxidation sites excluding steroid dienone is 4. The molecule has 0 heterocycles. The molecule has 0 atom stereocenters. The van der Waals surface area contributed by atoms with Gasteiger partial charge < -0.3 is 0 Å². The molecule has 0 aliphatic rings. The lowest BCUT2D eigenvalue weighted by molar-refractivity contribution is 0.275. The minimum absolute atomic E-state index is 0.473. The first-order valence-corrected chi connectivity index (χ1v) is 3.56. The summed E-state index contributed by atoms with van der Waals surface area (Å²) in [5, 5.41) is 0. The molecule has 0 unspecified atom stereocenters. The van der Waals surface area contributed by atoms with E-state index in [-0.39, 0.29) is 0 Å². The average Bonchev–Trinajstić information content (AvgIpc) is 1.80. The van der Waals surface area contributed by atoms with Crippen LogP contribution in [0.15, 0.2) is 36.5 Å². The molecule has 0 amide bonds. The first-order valence-electron chi connectivity index (χ1n) is 3.56. The van der Waals surface area contributed by atoms with E-state index in [1.54, 1.807) is 12.2 Å². The molecular formula is C10H15F. The van der Waals surface area contributed by atoms with Gasteiger partial charge in [-0.2, -0.15) is 0 Å². The third-order valence-corrected chi connectivity index (χ3v) is 1.33. The molecule has 0 saturated carbocycles. The highest BCUT2D eigenvalue weighted by Gasteiger charge is 2.16. The molecule has 0 aromatic rings. The van der Waals surface area contributed by atoms with Gasteiger partial charge in [-0.25, -0.2) is 4.39 Å². The molecule has 0 N–H and O–H groups in total. The molecule has 1 heteroatoms. The van der Waals surface area contributed by atoms with Crippen molar-refractivity contribution >= 4 is 0 Å². The van der Waals surface area contributed by atoms with E-state index in [4.69, 9.17) is 0 Å². The Kier molecular flexibility index (Phi) is 3.24. The molecule has 11 heavy (non-hydrogen) atoms. The van der Waals surface area contributed by atoms with Crippen molar-refractivity contribution < 1.29 is 4.39 Å². The van der Waals surface area contributed by atoms with Crippen molar-refractivity contribution in [3.05, 3.63) is 36.5 Å². The topological polar surface area (TPSA) is 0 Å². The van der Waals surface area contributed by atoms with Gasteiger partial charge in [-0.1, -0.05) is 30.9 Å². The molecule has 0 aromatic carbocycles. The Labute approximate surface area is 68.1 Å². The summed E-state index contributed by atoms with van der Waals surface area (Å²) in [5.74, 6) is 0. The summed E-state index contributed by atoms with van der Waals surface area (Å²) in [6.45, 7) is 12.1. The van der Waals surface area contributed by atoms with Crippen LogP contribution < -0.4 is 0 Å². The van der Waals surface area contributed by atoms with E-state index in [0.717, 1.165) is 5.57 Å². The van der Waals surface area contributed by atoms with Gasteiger partial charge in [0.05, 0.1) is 0 Å². The molecule has 0 radical (unpaired) electrons. The highest BCUT2D eigenvalue weighted by molar-refractivity contribution is 5.28. The van der Waals surface area contributed by atoms with Gasteiger partial charge in [0.2, 0.25) is 0 Å². The highest BCUT2D eigenvalue weighted by Crippen LogP contribution is 2.19. The van der Waals surface area contributed by atoms with Gasteiger partial charge in [-0.15, -0.1) is 0 Å². The first kappa shape index (κ1) is 10.2. The van der Waals surface area contributed by atoms with E-state index in [2.05, 4.69) is 13.2 Å². The van der Waals surface area contributed by atoms with Crippen molar-refractivity contribution in [2.24, 2.45) is 0 Å². The second kappa shape index (κ2) is 3.51. The fourth-order valence-corrected chi connectivity index (χ4v) is 0.441. The summed E-state index contributed by atoms with van der Waals surface area (Å²) < 4.78 is 13.1. The number of hydrogen-bond acceptors (Lipinski definition) is 0. The van der Waals surface area contributed by atoms with Gasteiger partial charge in [0.15, 0.2) is 0 Å². The summed E-state index contributed by atoms with van der Waals surface area (Å²) in [6.07, 6.45) is 3.41. The van der Waals surface area contributed by atoms with Crippen LogP contribution >= 0.6 is 0 Å². The lowest BCUT2D eigenvalue weighted by Crippen LogP contribution is -2.12. The third kappa shape index (κ3) is 4.54. The zero-order valence-electron chi connectivity index (χ0n) is 7.45. The monoisotopic (exact) mass is 154 g/mol. The maximum absolute atomic E-state index is 13.1. The molecule has 0 nitrogen and oxygen atoms in total. The van der Waals surface area contributed by atoms with Crippen LogP contribution in [0.25, 0.3) is 0 Å². The van der Waals surface area contributed by atoms with E-state index in [0.29, 0.717) is 5.57 Å². The molecule has 0 rings (SSSR count). The average molecular weight is 154 g/mol. The van der Waals surface area contributed by atoms with Crippen molar-refractivity contribution in [3.8, 4) is 0 Å². The molecule has 0 saturated heterocycles. The summed E-state index contributed by atoms with van der Waals surface area (Å²) in [6, 6.07) is 0. The SMILES string of the molecule is C=C(C)/C=C\C(=C)C(C)(C)F. The molecule has 0 aromatic heterocycles. The lowest BCUT2D eigenvalue weighted by atomic mass is 10.0. The maximum atomic E-state index is 13.1. The fraction of sp³-hybridized carbons (Fsp3) is 0.400. The van der Waals surface area contributed by atoms with Crippen molar-refractivity contribution in [1.82, 2.24) is 0 Å². The Morgan fingerprint density at radius 1 is 1.27 bits per heavy atom. The van der Waals surface area contributed by atoms with Crippen molar-refractivity contribution in [2.45, 2.75) is 26.4 Å². The predicted octanol–water partition coefficient (Wildman–Crippen LogP) is 3.42. The number of alkyl halides is 1. The molecule has 0 fully saturated rings. The smallest absolute Gasteiger partial charge is 0.129 e. The van der Waals surface area contributed by atoms with Gasteiger partial charge in [0, 0.05) is 0 Å². The second-order valence-corrected chi connectivity index (χ2v) is 3.18. The Morgan fingerprint density at radius 2 is 1.73 bits per heavy atom. The van der Waals surface area contributed by atoms with Crippen LogP contribution in [0.2, 0.25) is 0 Å². The lowest BCUT2D eigenvalue weighted by Gasteiger charge is -2.13. The largest absolute Gasteiger partial charge is 0.239 e. The van der Waals surface area contributed by atoms with Gasteiger partial charge in [-0.05, 0) is 26.3 Å². The predicted molar refractivity (Wildman–Crippen MR) is 48.3 cm³/mol. The van der Waals surface area contributed by atoms with Gasteiger partial charge >= 0.3 is 0 Å². The Bertz CT molecular complexity index is 191. The van der Waals surface area contributed by atoms with Crippen molar-refractivity contribution in [1.29, 1.82) is 0 Å². The normalized spacial score (nSPS) is 12.0. The van der Waals surface area contributed by atoms with Crippen LogP contribution in [0, 0.1) is 0 Å². The van der Waals surface area contributed by atoms with E-state index in [9.17, 15) is 4.39 Å². The second-order valence-electron chi connectivity index (χ2n) is 3.18. The van der Waals surface area contributed by atoms with Crippen molar-refractivity contribution in [2.75, 3.05) is 0 Å². The van der Waals surface area contributed by atoms with Crippen molar-refractivity contribution in [3.63, 3.8) is 0 Å². The zero-order valence-corrected chi connectivity index (χ0v) is 7.45. The van der Waals surface area contributed by atoms with E-state index in [1.165, 1.54) is 13.8 Å². The maximum Gasteiger partial charge on any atom is 0.129 e. The van der Waals surface area contributed by atoms with Crippen LogP contribution in [0.1, 0.15) is 20.8 Å². The molecule has 0 aliphatic heterocycles. The van der Waals surface area contributed by atoms with Crippen LogP contribution in [-0.4, -0.2) is 5.67 Å². The molecule has 0 spiro atoms. The minimum atomic E-state index is -1.33. The van der Waals surface area contributed by atoms with Crippen LogP contribution in [0.5, 0.6) is 0 Å². The summed E-state index contributed by atoms with van der Waals surface area (Å²) in [4.78, 5) is 0. The standard InChI is InChI=1S/C10H15F/c1-8(2)6-7-9(3)10(4,5)11/h6-7H,1,3H2,2,4-5H3/b7-6-. The quantitative estimate of drug-likeness (QED) is 0.546. The summed E-state index contributed by atoms with van der Waals surface area (Å²) >= 11 is 0. The summed E-state index contributed by atoms with van der Waals surface area (Å²) in [5.41, 5.74) is 0.0438. The molecule has 0 bridgehead atoms. The third-order valence-electron chi connectivity index (χ3n) is 1.33. The van der Waals surface area contributed by atoms with Gasteiger partial charge in [0.25, 0.3) is 0 Å². The number of halogens is 1. The fourth-order valence-electron chi connectivity index (χ4n) is 0.441. The molecule has 0 aliphatic carbocycles. The van der Waals surface area contributed by atoms with E-state index >= 15 is 0 Å². The molecule has 62 valence electrons. The first-order chi connectivity index (χ1) is 4.84. The Morgan fingerprint density at radius 3 is 2.00 bits per heavy atom. The van der Waals surface area contributed by atoms with Gasteiger partial charge in [-0.3, -0.25) is 0 Å². The van der Waals surface area contributed by atoms with Crippen LogP contribution in [-0.2, 0) is 0 Å². The van der Waals surface area contributed by atoms with E-state index in [1.807, 2.05) is 6.92 Å². The minimum Gasteiger partial charge on any atom is -0.239 e. The summed E-state index contributed by atoms with van der Waals surface area (Å²) in [7, 11) is 0. The van der Waals surface area contributed by atoms with Gasteiger partial charge in [0.1, 0.15) is 5.67 Å². The van der Waals surface area contributed by atoms with Crippen LogP contribution in [0.3, 0.4) is 0 Å². The highest BCUT2D eigenvalue weighted by atomic mass is 19.1. The van der Waals surface area contributed by atoms with Crippen LogP contribution in [0.4, 0.5) is 4.39 Å². The molecular weight excluding hydrogens is 139 g/mol. The Hall–Kier alpha value is -0.850. The Balaban J connectivity index is 4.20. The number of hydrogen-bond donors (Lipinski definition) is 0. The number of rotatable bonds is 3. The van der Waals surface area contributed by atoms with E-state index < -0.39 is 5.67 Å².